The van der Waals surface area contributed by atoms with Gasteiger partial charge in [0, 0.05) is 36.1 Å². The lowest BCUT2D eigenvalue weighted by Crippen LogP contribution is -2.43. The van der Waals surface area contributed by atoms with Crippen LogP contribution < -0.4 is 15.5 Å². The van der Waals surface area contributed by atoms with Gasteiger partial charge in [-0.25, -0.2) is 4.98 Å². The van der Waals surface area contributed by atoms with Crippen LogP contribution in [-0.2, 0) is 5.41 Å². The normalized spacial score (nSPS) is 18.6. The van der Waals surface area contributed by atoms with E-state index in [4.69, 9.17) is 40.4 Å². The van der Waals surface area contributed by atoms with Crippen LogP contribution in [0.1, 0.15) is 63.4 Å². The minimum atomic E-state index is 0.0565. The van der Waals surface area contributed by atoms with Crippen molar-refractivity contribution in [3.05, 3.63) is 46.1 Å². The summed E-state index contributed by atoms with van der Waals surface area (Å²) in [6.45, 7) is 2.76. The summed E-state index contributed by atoms with van der Waals surface area (Å²) in [6.07, 6.45) is 10.9. The molecule has 2 fully saturated rings. The van der Waals surface area contributed by atoms with Crippen molar-refractivity contribution in [1.82, 2.24) is 15.3 Å². The lowest BCUT2D eigenvalue weighted by molar-refractivity contribution is 0.292. The summed E-state index contributed by atoms with van der Waals surface area (Å²) in [7, 11) is 0. The lowest BCUT2D eigenvalue weighted by atomic mass is 9.69. The second-order valence-electron chi connectivity index (χ2n) is 8.93. The SMILES string of the molecule is S=C(NCC1(c2ccc(Cl)cc2)CCCCC1)Nc1nc(Cl)cc(N2CCCCCC2)n1. The summed E-state index contributed by atoms with van der Waals surface area (Å²) in [5, 5.41) is 8.31. The van der Waals surface area contributed by atoms with E-state index in [9.17, 15) is 0 Å². The zero-order valence-corrected chi connectivity index (χ0v) is 20.7. The third kappa shape index (κ3) is 6.03. The molecule has 172 valence electrons. The van der Waals surface area contributed by atoms with Crippen molar-refractivity contribution in [3.63, 3.8) is 0 Å². The predicted molar refractivity (Wildman–Crippen MR) is 138 cm³/mol. The van der Waals surface area contributed by atoms with Crippen molar-refractivity contribution in [2.45, 2.75) is 63.2 Å². The van der Waals surface area contributed by atoms with E-state index in [1.165, 1.54) is 50.5 Å². The van der Waals surface area contributed by atoms with Crippen LogP contribution in [0.4, 0.5) is 11.8 Å². The third-order valence-corrected chi connectivity index (χ3v) is 7.38. The average molecular weight is 493 g/mol. The molecule has 2 aromatic rings. The van der Waals surface area contributed by atoms with Crippen LogP contribution in [0.5, 0.6) is 0 Å². The summed E-state index contributed by atoms with van der Waals surface area (Å²) in [4.78, 5) is 11.3. The number of nitrogens with zero attached hydrogens (tertiary/aromatic N) is 3. The Morgan fingerprint density at radius 3 is 2.28 bits per heavy atom. The van der Waals surface area contributed by atoms with Crippen LogP contribution >= 0.6 is 35.4 Å². The number of aromatic nitrogens is 2. The van der Waals surface area contributed by atoms with E-state index in [0.717, 1.165) is 43.3 Å². The molecule has 5 nitrogen and oxygen atoms in total. The quantitative estimate of drug-likeness (QED) is 0.375. The van der Waals surface area contributed by atoms with E-state index in [0.29, 0.717) is 16.2 Å². The molecule has 0 radical (unpaired) electrons. The van der Waals surface area contributed by atoms with Gasteiger partial charge >= 0.3 is 0 Å². The maximum Gasteiger partial charge on any atom is 0.232 e. The molecule has 1 aromatic heterocycles. The number of hydrogen-bond donors (Lipinski definition) is 2. The van der Waals surface area contributed by atoms with Crippen molar-refractivity contribution in [2.75, 3.05) is 29.9 Å². The maximum atomic E-state index is 6.31. The van der Waals surface area contributed by atoms with Crippen LogP contribution in [0.2, 0.25) is 10.2 Å². The highest BCUT2D eigenvalue weighted by molar-refractivity contribution is 7.80. The van der Waals surface area contributed by atoms with Gasteiger partial charge in [-0.3, -0.25) is 0 Å². The zero-order chi connectivity index (χ0) is 22.4. The fraction of sp³-hybridized carbons (Fsp3) is 0.542. The second-order valence-corrected chi connectivity index (χ2v) is 10.2. The molecule has 1 aromatic carbocycles. The topological polar surface area (TPSA) is 53.1 Å². The zero-order valence-electron chi connectivity index (χ0n) is 18.4. The first-order chi connectivity index (χ1) is 15.5. The molecular formula is C24H31Cl2N5S. The highest BCUT2D eigenvalue weighted by Gasteiger charge is 2.34. The largest absolute Gasteiger partial charge is 0.361 e. The van der Waals surface area contributed by atoms with Crippen LogP contribution in [-0.4, -0.2) is 34.7 Å². The molecular weight excluding hydrogens is 461 g/mol. The van der Waals surface area contributed by atoms with Gasteiger partial charge in [0.1, 0.15) is 11.0 Å². The van der Waals surface area contributed by atoms with Crippen molar-refractivity contribution in [2.24, 2.45) is 0 Å². The molecule has 0 bridgehead atoms. The Kier molecular flexibility index (Phi) is 8.08. The summed E-state index contributed by atoms with van der Waals surface area (Å²) >= 11 is 18.1. The molecule has 0 amide bonds. The van der Waals surface area contributed by atoms with Gasteiger partial charge in [0.25, 0.3) is 0 Å². The number of anilines is 2. The fourth-order valence-corrected chi connectivity index (χ4v) is 5.39. The smallest absolute Gasteiger partial charge is 0.232 e. The summed E-state index contributed by atoms with van der Waals surface area (Å²) in [5.41, 5.74) is 1.38. The highest BCUT2D eigenvalue weighted by Crippen LogP contribution is 2.39. The molecule has 0 atom stereocenters. The van der Waals surface area contributed by atoms with Gasteiger partial charge in [-0.2, -0.15) is 4.98 Å². The van der Waals surface area contributed by atoms with Gasteiger partial charge < -0.3 is 15.5 Å². The van der Waals surface area contributed by atoms with E-state index >= 15 is 0 Å². The Morgan fingerprint density at radius 1 is 0.938 bits per heavy atom. The van der Waals surface area contributed by atoms with Crippen molar-refractivity contribution >= 4 is 52.3 Å². The molecule has 0 unspecified atom stereocenters. The standard InChI is InChI=1S/C24H31Cl2N5S/c25-19-10-8-18(9-11-19)24(12-4-3-5-13-24)17-27-23(32)30-22-28-20(26)16-21(29-22)31-14-6-1-2-7-15-31/h8-11,16H,1-7,12-15,17H2,(H2,27,28,29,30,32). The number of benzene rings is 1. The van der Waals surface area contributed by atoms with Crippen LogP contribution in [0, 0.1) is 0 Å². The van der Waals surface area contributed by atoms with E-state index in [-0.39, 0.29) is 5.41 Å². The van der Waals surface area contributed by atoms with Gasteiger partial charge in [-0.05, 0) is 55.6 Å². The molecule has 8 heteroatoms. The molecule has 1 saturated heterocycles. The maximum absolute atomic E-state index is 6.31. The Hall–Kier alpha value is -1.63. The monoisotopic (exact) mass is 491 g/mol. The van der Waals surface area contributed by atoms with Gasteiger partial charge in [-0.15, -0.1) is 0 Å². The van der Waals surface area contributed by atoms with Gasteiger partial charge in [0.05, 0.1) is 0 Å². The number of hydrogen-bond acceptors (Lipinski definition) is 4. The summed E-state index contributed by atoms with van der Waals surface area (Å²) in [5.74, 6) is 1.31. The molecule has 1 aliphatic carbocycles. The van der Waals surface area contributed by atoms with E-state index in [1.54, 1.807) is 0 Å². The first kappa shape index (κ1) is 23.5. The predicted octanol–water partition coefficient (Wildman–Crippen LogP) is 6.35. The Morgan fingerprint density at radius 2 is 1.59 bits per heavy atom. The molecule has 32 heavy (non-hydrogen) atoms. The minimum absolute atomic E-state index is 0.0565. The molecule has 2 heterocycles. The first-order valence-corrected chi connectivity index (χ1v) is 12.8. The van der Waals surface area contributed by atoms with Crippen LogP contribution in [0.15, 0.2) is 30.3 Å². The molecule has 2 N–H and O–H groups in total. The summed E-state index contributed by atoms with van der Waals surface area (Å²) < 4.78 is 0. The third-order valence-electron chi connectivity index (χ3n) is 6.69. The Balaban J connectivity index is 1.43. The molecule has 0 spiro atoms. The molecule has 2 aliphatic rings. The molecule has 1 aliphatic heterocycles. The average Bonchev–Trinajstić information content (AvgIpc) is 3.08. The van der Waals surface area contributed by atoms with E-state index < -0.39 is 0 Å². The Labute approximate surface area is 206 Å². The van der Waals surface area contributed by atoms with Gasteiger partial charge in [0.15, 0.2) is 5.11 Å². The van der Waals surface area contributed by atoms with Crippen molar-refractivity contribution in [1.29, 1.82) is 0 Å². The van der Waals surface area contributed by atoms with E-state index in [1.807, 2.05) is 18.2 Å². The van der Waals surface area contributed by atoms with Crippen molar-refractivity contribution < 1.29 is 0 Å². The Bertz CT molecular complexity index is 907. The number of thiocarbonyl (C=S) groups is 1. The highest BCUT2D eigenvalue weighted by atomic mass is 35.5. The van der Waals surface area contributed by atoms with E-state index in [2.05, 4.69) is 32.7 Å². The van der Waals surface area contributed by atoms with Crippen LogP contribution in [0.25, 0.3) is 0 Å². The second kappa shape index (κ2) is 11.0. The number of rotatable bonds is 5. The van der Waals surface area contributed by atoms with Crippen LogP contribution in [0.3, 0.4) is 0 Å². The minimum Gasteiger partial charge on any atom is -0.361 e. The fourth-order valence-electron chi connectivity index (χ4n) is 4.92. The molecule has 1 saturated carbocycles. The molecule has 4 rings (SSSR count). The van der Waals surface area contributed by atoms with Crippen molar-refractivity contribution in [3.8, 4) is 0 Å². The lowest BCUT2D eigenvalue weighted by Gasteiger charge is -2.38. The number of halogens is 2. The van der Waals surface area contributed by atoms with Gasteiger partial charge in [0.2, 0.25) is 5.95 Å². The number of nitrogens with one attached hydrogen (secondary N) is 2. The summed E-state index contributed by atoms with van der Waals surface area (Å²) in [6, 6.07) is 10.1. The first-order valence-electron chi connectivity index (χ1n) is 11.6. The van der Waals surface area contributed by atoms with Gasteiger partial charge in [-0.1, -0.05) is 67.4 Å².